The molecular weight excluding hydrogens is 314 g/mol. The van der Waals surface area contributed by atoms with Crippen molar-refractivity contribution in [2.75, 3.05) is 6.61 Å². The monoisotopic (exact) mass is 329 g/mol. The molecule has 0 aromatic carbocycles. The van der Waals surface area contributed by atoms with Crippen LogP contribution in [0.25, 0.3) is 5.65 Å². The van der Waals surface area contributed by atoms with Gasteiger partial charge in [0.15, 0.2) is 5.82 Å². The number of carbonyl (C=O) groups excluding carboxylic acids is 1. The second-order valence-electron chi connectivity index (χ2n) is 4.77. The summed E-state index contributed by atoms with van der Waals surface area (Å²) in [6.45, 7) is 2.30. The van der Waals surface area contributed by atoms with E-state index in [-0.39, 0.29) is 24.6 Å². The van der Waals surface area contributed by atoms with Gasteiger partial charge in [-0.3, -0.25) is 14.0 Å². The van der Waals surface area contributed by atoms with E-state index in [0.717, 1.165) is 4.68 Å². The lowest BCUT2D eigenvalue weighted by atomic mass is 10.5. The molecule has 3 aromatic rings. The molecule has 10 nitrogen and oxygen atoms in total. The fourth-order valence-corrected chi connectivity index (χ4v) is 2.09. The molecule has 1 amide bonds. The molecule has 0 saturated heterocycles. The zero-order chi connectivity index (χ0) is 16.9. The molecule has 0 atom stereocenters. The van der Waals surface area contributed by atoms with Crippen molar-refractivity contribution in [3.05, 3.63) is 46.9 Å². The second-order valence-corrected chi connectivity index (χ2v) is 4.77. The molecular formula is C14H15N7O3. The van der Waals surface area contributed by atoms with Crippen molar-refractivity contribution in [2.24, 2.45) is 0 Å². The topological polar surface area (TPSA) is 116 Å². The van der Waals surface area contributed by atoms with Crippen LogP contribution in [-0.2, 0) is 17.9 Å². The first-order valence-electron chi connectivity index (χ1n) is 7.29. The predicted octanol–water partition coefficient (Wildman–Crippen LogP) is -0.604. The van der Waals surface area contributed by atoms with Crippen LogP contribution in [0.15, 0.2) is 35.5 Å². The third-order valence-electron chi connectivity index (χ3n) is 3.17. The smallest absolute Gasteiger partial charge is 0.267 e. The largest absolute Gasteiger partial charge is 0.475 e. The molecule has 1 N–H and O–H groups in total. The fourth-order valence-electron chi connectivity index (χ4n) is 2.09. The summed E-state index contributed by atoms with van der Waals surface area (Å²) in [5, 5.41) is 14.6. The van der Waals surface area contributed by atoms with Gasteiger partial charge in [-0.2, -0.15) is 5.10 Å². The van der Waals surface area contributed by atoms with Crippen molar-refractivity contribution in [2.45, 2.75) is 20.0 Å². The van der Waals surface area contributed by atoms with Gasteiger partial charge in [-0.15, -0.1) is 10.2 Å². The molecule has 0 aliphatic heterocycles. The number of aromatic nitrogens is 6. The molecule has 3 aromatic heterocycles. The van der Waals surface area contributed by atoms with Crippen LogP contribution in [0, 0.1) is 0 Å². The lowest BCUT2D eigenvalue weighted by molar-refractivity contribution is -0.122. The number of amides is 1. The lowest BCUT2D eigenvalue weighted by Gasteiger charge is -2.06. The Morgan fingerprint density at radius 3 is 3.00 bits per heavy atom. The third-order valence-corrected chi connectivity index (χ3v) is 3.17. The van der Waals surface area contributed by atoms with Crippen LogP contribution in [0.4, 0.5) is 0 Å². The maximum atomic E-state index is 12.0. The molecule has 0 aliphatic rings. The first-order valence-corrected chi connectivity index (χ1v) is 7.29. The number of hydrogen-bond acceptors (Lipinski definition) is 7. The summed E-state index contributed by atoms with van der Waals surface area (Å²) in [7, 11) is 0. The van der Waals surface area contributed by atoms with Gasteiger partial charge in [0.1, 0.15) is 6.54 Å². The minimum absolute atomic E-state index is 0.150. The van der Waals surface area contributed by atoms with Crippen molar-refractivity contribution < 1.29 is 9.53 Å². The molecule has 0 bridgehead atoms. The number of carbonyl (C=O) groups is 1. The molecule has 0 spiro atoms. The number of nitrogens with one attached hydrogen (secondary N) is 1. The van der Waals surface area contributed by atoms with Crippen LogP contribution in [0.1, 0.15) is 12.7 Å². The molecule has 0 aliphatic carbocycles. The number of nitrogens with zero attached hydrogens (tertiary/aromatic N) is 6. The van der Waals surface area contributed by atoms with Crippen molar-refractivity contribution in [3.63, 3.8) is 0 Å². The highest BCUT2D eigenvalue weighted by Gasteiger charge is 2.12. The standard InChI is InChI=1S/C14H15N7O3/c1-2-24-14-13-19-18-10(20(13)7-6-15-14)8-16-11(22)9-21-12(23)4-3-5-17-21/h3-7H,2,8-9H2,1H3,(H,16,22). The number of rotatable bonds is 6. The van der Waals surface area contributed by atoms with Gasteiger partial charge < -0.3 is 10.1 Å². The Labute approximate surface area is 136 Å². The quantitative estimate of drug-likeness (QED) is 0.641. The summed E-state index contributed by atoms with van der Waals surface area (Å²) in [5.41, 5.74) is 0.137. The van der Waals surface area contributed by atoms with Crippen LogP contribution in [-0.4, -0.2) is 41.9 Å². The molecule has 0 radical (unpaired) electrons. The zero-order valence-electron chi connectivity index (χ0n) is 12.9. The van der Waals surface area contributed by atoms with Gasteiger partial charge in [0.05, 0.1) is 13.2 Å². The maximum absolute atomic E-state index is 12.0. The average molecular weight is 329 g/mol. The summed E-state index contributed by atoms with van der Waals surface area (Å²) in [6.07, 6.45) is 4.70. The molecule has 10 heteroatoms. The summed E-state index contributed by atoms with van der Waals surface area (Å²) in [5.74, 6) is 0.548. The Balaban J connectivity index is 1.70. The van der Waals surface area contributed by atoms with E-state index in [1.165, 1.54) is 18.3 Å². The highest BCUT2D eigenvalue weighted by atomic mass is 16.5. The maximum Gasteiger partial charge on any atom is 0.267 e. The van der Waals surface area contributed by atoms with Gasteiger partial charge >= 0.3 is 0 Å². The Morgan fingerprint density at radius 1 is 1.33 bits per heavy atom. The second kappa shape index (κ2) is 6.86. The number of hydrogen-bond donors (Lipinski definition) is 1. The Bertz CT molecular complexity index is 918. The normalized spacial score (nSPS) is 10.7. The Morgan fingerprint density at radius 2 is 2.21 bits per heavy atom. The molecule has 3 rings (SSSR count). The van der Waals surface area contributed by atoms with Gasteiger partial charge in [-0.25, -0.2) is 9.67 Å². The van der Waals surface area contributed by atoms with Crippen LogP contribution < -0.4 is 15.6 Å². The molecule has 124 valence electrons. The minimum Gasteiger partial charge on any atom is -0.475 e. The lowest BCUT2D eigenvalue weighted by Crippen LogP contribution is -2.33. The van der Waals surface area contributed by atoms with E-state index in [2.05, 4.69) is 25.6 Å². The molecule has 0 fully saturated rings. The van der Waals surface area contributed by atoms with Gasteiger partial charge in [0.25, 0.3) is 11.4 Å². The van der Waals surface area contributed by atoms with Gasteiger partial charge in [-0.05, 0) is 13.0 Å². The van der Waals surface area contributed by atoms with E-state index in [9.17, 15) is 9.59 Å². The molecule has 3 heterocycles. The zero-order valence-corrected chi connectivity index (χ0v) is 12.9. The minimum atomic E-state index is -0.355. The van der Waals surface area contributed by atoms with Gasteiger partial charge in [0, 0.05) is 24.7 Å². The van der Waals surface area contributed by atoms with Crippen molar-refractivity contribution in [3.8, 4) is 5.88 Å². The predicted molar refractivity (Wildman–Crippen MR) is 82.3 cm³/mol. The average Bonchev–Trinajstić information content (AvgIpc) is 3.00. The van der Waals surface area contributed by atoms with E-state index in [4.69, 9.17) is 4.74 Å². The van der Waals surface area contributed by atoms with Crippen molar-refractivity contribution in [1.82, 2.24) is 34.7 Å². The SMILES string of the molecule is CCOc1nccn2c(CNC(=O)Cn3ncccc3=O)nnc12. The molecule has 24 heavy (non-hydrogen) atoms. The fraction of sp³-hybridized carbons (Fsp3) is 0.286. The summed E-state index contributed by atoms with van der Waals surface area (Å²) < 4.78 is 8.15. The van der Waals surface area contributed by atoms with E-state index >= 15 is 0 Å². The van der Waals surface area contributed by atoms with Crippen LogP contribution in [0.5, 0.6) is 5.88 Å². The van der Waals surface area contributed by atoms with Gasteiger partial charge in [0.2, 0.25) is 11.6 Å². The van der Waals surface area contributed by atoms with Crippen molar-refractivity contribution in [1.29, 1.82) is 0 Å². The number of fused-ring (bicyclic) bond motifs is 1. The summed E-state index contributed by atoms with van der Waals surface area (Å²) >= 11 is 0. The highest BCUT2D eigenvalue weighted by molar-refractivity contribution is 5.75. The van der Waals surface area contributed by atoms with E-state index in [1.807, 2.05) is 6.92 Å². The summed E-state index contributed by atoms with van der Waals surface area (Å²) in [6, 6.07) is 2.86. The first kappa shape index (κ1) is 15.6. The van der Waals surface area contributed by atoms with Gasteiger partial charge in [-0.1, -0.05) is 0 Å². The first-order chi connectivity index (χ1) is 11.7. The van der Waals surface area contributed by atoms with Crippen LogP contribution in [0.2, 0.25) is 0 Å². The molecule has 0 unspecified atom stereocenters. The number of ether oxygens (including phenoxy) is 1. The van der Waals surface area contributed by atoms with Crippen molar-refractivity contribution >= 4 is 11.6 Å². The van der Waals surface area contributed by atoms with Crippen LogP contribution >= 0.6 is 0 Å². The van der Waals surface area contributed by atoms with E-state index in [1.54, 1.807) is 16.8 Å². The Hall–Kier alpha value is -3.30. The Kier molecular flexibility index (Phi) is 4.45. The third kappa shape index (κ3) is 3.21. The van der Waals surface area contributed by atoms with Crippen LogP contribution in [0.3, 0.4) is 0 Å². The molecule has 0 saturated carbocycles. The van der Waals surface area contributed by atoms with E-state index < -0.39 is 0 Å². The highest BCUT2D eigenvalue weighted by Crippen LogP contribution is 2.14. The summed E-state index contributed by atoms with van der Waals surface area (Å²) in [4.78, 5) is 27.6. The van der Waals surface area contributed by atoms with E-state index in [0.29, 0.717) is 24.0 Å².